The van der Waals surface area contributed by atoms with Gasteiger partial charge in [-0.1, -0.05) is 13.8 Å². The monoisotopic (exact) mass is 278 g/mol. The van der Waals surface area contributed by atoms with Crippen LogP contribution in [0.25, 0.3) is 0 Å². The van der Waals surface area contributed by atoms with Crippen LogP contribution in [0.2, 0.25) is 0 Å². The van der Waals surface area contributed by atoms with Gasteiger partial charge in [-0.15, -0.1) is 0 Å². The average Bonchev–Trinajstić information content (AvgIpc) is 3.01. The van der Waals surface area contributed by atoms with Crippen LogP contribution in [0.5, 0.6) is 0 Å². The van der Waals surface area contributed by atoms with Crippen molar-refractivity contribution in [2.45, 2.75) is 45.9 Å². The first-order chi connectivity index (χ1) is 9.50. The van der Waals surface area contributed by atoms with Crippen molar-refractivity contribution in [1.29, 1.82) is 0 Å². The van der Waals surface area contributed by atoms with E-state index >= 15 is 0 Å². The summed E-state index contributed by atoms with van der Waals surface area (Å²) < 4.78 is 10.9. The van der Waals surface area contributed by atoms with Gasteiger partial charge in [0.25, 0.3) is 0 Å². The molecule has 1 aromatic rings. The predicted octanol–water partition coefficient (Wildman–Crippen LogP) is 2.20. The Morgan fingerprint density at radius 3 is 3.00 bits per heavy atom. The van der Waals surface area contributed by atoms with E-state index in [1.54, 1.807) is 6.26 Å². The van der Waals surface area contributed by atoms with Crippen molar-refractivity contribution in [3.63, 3.8) is 0 Å². The van der Waals surface area contributed by atoms with E-state index in [0.717, 1.165) is 24.4 Å². The normalized spacial score (nSPS) is 30.4. The number of aryl methyl sites for hydroxylation is 1. The Morgan fingerprint density at radius 2 is 2.30 bits per heavy atom. The molecule has 0 radical (unpaired) electrons. The Kier molecular flexibility index (Phi) is 3.24. The molecule has 0 bridgehead atoms. The second-order valence-electron chi connectivity index (χ2n) is 6.37. The number of hydrogen-bond acceptors (Lipinski definition) is 3. The summed E-state index contributed by atoms with van der Waals surface area (Å²) in [5, 5.41) is 5.99. The van der Waals surface area contributed by atoms with Gasteiger partial charge in [-0.3, -0.25) is 0 Å². The minimum Gasteiger partial charge on any atom is -0.469 e. The summed E-state index contributed by atoms with van der Waals surface area (Å²) in [6.45, 7) is 7.51. The van der Waals surface area contributed by atoms with Crippen LogP contribution in [0.1, 0.15) is 31.6 Å². The summed E-state index contributed by atoms with van der Waals surface area (Å²) in [5.74, 6) is 1.31. The van der Waals surface area contributed by atoms with Crippen LogP contribution in [-0.4, -0.2) is 24.8 Å². The number of fused-ring (bicyclic) bond motifs is 1. The van der Waals surface area contributed by atoms with Crippen molar-refractivity contribution in [2.24, 2.45) is 11.3 Å². The number of amides is 2. The molecule has 3 rings (SSSR count). The smallest absolute Gasteiger partial charge is 0.315 e. The van der Waals surface area contributed by atoms with Crippen LogP contribution in [0, 0.1) is 18.3 Å². The molecular formula is C15H22N2O3. The molecule has 2 fully saturated rings. The lowest BCUT2D eigenvalue weighted by Crippen LogP contribution is -2.67. The summed E-state index contributed by atoms with van der Waals surface area (Å²) in [4.78, 5) is 12.0. The van der Waals surface area contributed by atoms with Crippen LogP contribution in [-0.2, 0) is 11.3 Å². The minimum absolute atomic E-state index is 0.0179. The van der Waals surface area contributed by atoms with Gasteiger partial charge in [0.1, 0.15) is 5.76 Å². The molecule has 3 atom stereocenters. The highest BCUT2D eigenvalue weighted by Gasteiger charge is 2.59. The van der Waals surface area contributed by atoms with E-state index in [9.17, 15) is 4.79 Å². The van der Waals surface area contributed by atoms with Gasteiger partial charge in [-0.05, 0) is 19.4 Å². The van der Waals surface area contributed by atoms with Gasteiger partial charge >= 0.3 is 6.03 Å². The van der Waals surface area contributed by atoms with Gasteiger partial charge < -0.3 is 19.8 Å². The molecular weight excluding hydrogens is 256 g/mol. The first-order valence-corrected chi connectivity index (χ1v) is 7.19. The molecule has 5 nitrogen and oxygen atoms in total. The van der Waals surface area contributed by atoms with Gasteiger partial charge in [0.05, 0.1) is 12.4 Å². The zero-order valence-electron chi connectivity index (χ0n) is 12.2. The second-order valence-corrected chi connectivity index (χ2v) is 6.37. The summed E-state index contributed by atoms with van der Waals surface area (Å²) in [6, 6.07) is 1.96. The van der Waals surface area contributed by atoms with Crippen molar-refractivity contribution in [2.75, 3.05) is 6.61 Å². The molecule has 0 unspecified atom stereocenters. The number of furan rings is 1. The summed E-state index contributed by atoms with van der Waals surface area (Å²) in [6.07, 6.45) is 2.98. The van der Waals surface area contributed by atoms with Gasteiger partial charge in [-0.2, -0.15) is 0 Å². The van der Waals surface area contributed by atoms with E-state index in [4.69, 9.17) is 9.15 Å². The molecule has 2 heterocycles. The van der Waals surface area contributed by atoms with E-state index in [-0.39, 0.29) is 17.5 Å². The molecule has 1 aliphatic heterocycles. The van der Waals surface area contributed by atoms with Crippen LogP contribution < -0.4 is 10.6 Å². The van der Waals surface area contributed by atoms with Crippen molar-refractivity contribution in [3.8, 4) is 0 Å². The zero-order valence-corrected chi connectivity index (χ0v) is 12.2. The third-order valence-electron chi connectivity index (χ3n) is 4.79. The summed E-state index contributed by atoms with van der Waals surface area (Å²) in [5.41, 5.74) is 1.03. The molecule has 110 valence electrons. The first kappa shape index (κ1) is 13.5. The highest BCUT2D eigenvalue weighted by Crippen LogP contribution is 2.51. The largest absolute Gasteiger partial charge is 0.469 e. The quantitative estimate of drug-likeness (QED) is 0.891. The number of urea groups is 1. The summed E-state index contributed by atoms with van der Waals surface area (Å²) in [7, 11) is 0. The molecule has 2 aliphatic rings. The number of nitrogens with one attached hydrogen (secondary N) is 2. The third-order valence-corrected chi connectivity index (χ3v) is 4.79. The maximum atomic E-state index is 12.0. The molecule has 2 N–H and O–H groups in total. The van der Waals surface area contributed by atoms with Gasteiger partial charge in [0.15, 0.2) is 0 Å². The fourth-order valence-electron chi connectivity index (χ4n) is 3.58. The molecule has 2 amide bonds. The standard InChI is InChI=1S/C15H22N2O3/c1-9-10(4-6-19-9)8-16-14(18)17-12-11-5-7-20-13(11)15(12,2)3/h4,6,11-13H,5,7-8H2,1-3H3,(H2,16,17,18)/t11-,12-,13+/m1/s1. The lowest BCUT2D eigenvalue weighted by Gasteiger charge is -2.54. The van der Waals surface area contributed by atoms with Crippen molar-refractivity contribution >= 4 is 6.03 Å². The van der Waals surface area contributed by atoms with E-state index in [0.29, 0.717) is 18.6 Å². The van der Waals surface area contributed by atoms with Crippen LogP contribution in [0.4, 0.5) is 4.79 Å². The Labute approximate surface area is 119 Å². The van der Waals surface area contributed by atoms with Gasteiger partial charge in [0.2, 0.25) is 0 Å². The van der Waals surface area contributed by atoms with Crippen LogP contribution in [0.15, 0.2) is 16.7 Å². The topological polar surface area (TPSA) is 63.5 Å². The Bertz CT molecular complexity index is 509. The molecule has 0 aromatic carbocycles. The number of carbonyl (C=O) groups is 1. The van der Waals surface area contributed by atoms with E-state index in [1.165, 1.54) is 0 Å². The maximum absolute atomic E-state index is 12.0. The predicted molar refractivity (Wildman–Crippen MR) is 74.2 cm³/mol. The lowest BCUT2D eigenvalue weighted by molar-refractivity contribution is -0.108. The third kappa shape index (κ3) is 2.10. The zero-order chi connectivity index (χ0) is 14.3. The molecule has 5 heteroatoms. The highest BCUT2D eigenvalue weighted by atomic mass is 16.5. The van der Waals surface area contributed by atoms with Crippen molar-refractivity contribution in [3.05, 3.63) is 23.7 Å². The highest BCUT2D eigenvalue weighted by molar-refractivity contribution is 5.74. The van der Waals surface area contributed by atoms with Gasteiger partial charge in [-0.25, -0.2) is 4.79 Å². The Morgan fingerprint density at radius 1 is 1.50 bits per heavy atom. The Hall–Kier alpha value is -1.49. The molecule has 1 saturated carbocycles. The fourth-order valence-corrected chi connectivity index (χ4v) is 3.58. The van der Waals surface area contributed by atoms with Crippen molar-refractivity contribution in [1.82, 2.24) is 10.6 Å². The number of ether oxygens (including phenoxy) is 1. The minimum atomic E-state index is -0.117. The van der Waals surface area contributed by atoms with E-state index in [2.05, 4.69) is 24.5 Å². The van der Waals surface area contributed by atoms with Crippen molar-refractivity contribution < 1.29 is 13.9 Å². The Balaban J connectivity index is 1.53. The molecule has 1 aliphatic carbocycles. The summed E-state index contributed by atoms with van der Waals surface area (Å²) >= 11 is 0. The van der Waals surface area contributed by atoms with E-state index in [1.807, 2.05) is 13.0 Å². The first-order valence-electron chi connectivity index (χ1n) is 7.19. The number of rotatable bonds is 3. The van der Waals surface area contributed by atoms with Crippen LogP contribution in [0.3, 0.4) is 0 Å². The lowest BCUT2D eigenvalue weighted by atomic mass is 9.57. The SMILES string of the molecule is Cc1occc1CNC(=O)N[C@@H]1[C@H]2CCO[C@@H]2C1(C)C. The molecule has 20 heavy (non-hydrogen) atoms. The maximum Gasteiger partial charge on any atom is 0.315 e. The molecule has 1 aromatic heterocycles. The average molecular weight is 278 g/mol. The number of carbonyl (C=O) groups excluding carboxylic acids is 1. The van der Waals surface area contributed by atoms with Gasteiger partial charge in [0, 0.05) is 36.1 Å². The molecule has 1 saturated heterocycles. The van der Waals surface area contributed by atoms with Crippen LogP contribution >= 0.6 is 0 Å². The number of hydrogen-bond donors (Lipinski definition) is 2. The molecule has 0 spiro atoms. The second kappa shape index (κ2) is 4.81. The van der Waals surface area contributed by atoms with E-state index < -0.39 is 0 Å². The fraction of sp³-hybridized carbons (Fsp3) is 0.667.